The van der Waals surface area contributed by atoms with E-state index in [1.54, 1.807) is 33.9 Å². The molecule has 2 N–H and O–H groups in total. The summed E-state index contributed by atoms with van der Waals surface area (Å²) in [5.74, 6) is 0.284. The summed E-state index contributed by atoms with van der Waals surface area (Å²) in [5, 5.41) is 7.26. The number of rotatable bonds is 5. The van der Waals surface area contributed by atoms with E-state index in [2.05, 4.69) is 20.8 Å². The lowest BCUT2D eigenvalue weighted by atomic mass is 10.2. The number of methoxy groups -OCH3 is 1. The fraction of sp³-hybridized carbons (Fsp3) is 0.368. The number of ether oxygens (including phenoxy) is 2. The van der Waals surface area contributed by atoms with Crippen LogP contribution < -0.4 is 15.5 Å². The lowest BCUT2D eigenvalue weighted by Crippen LogP contribution is -2.45. The highest BCUT2D eigenvalue weighted by atomic mass is 16.6. The van der Waals surface area contributed by atoms with Crippen LogP contribution in [0.1, 0.15) is 33.4 Å². The zero-order valence-electron chi connectivity index (χ0n) is 16.1. The van der Waals surface area contributed by atoms with Gasteiger partial charge in [-0.3, -0.25) is 4.79 Å². The van der Waals surface area contributed by atoms with Crippen LogP contribution in [-0.2, 0) is 9.53 Å². The highest BCUT2D eigenvalue weighted by Gasteiger charge is 2.20. The average Bonchev–Trinajstić information content (AvgIpc) is 2.59. The summed E-state index contributed by atoms with van der Waals surface area (Å²) in [6.07, 6.45) is 0.766. The van der Waals surface area contributed by atoms with Crippen molar-refractivity contribution in [3.8, 4) is 5.75 Å². The maximum atomic E-state index is 12.0. The Balaban J connectivity index is 1.93. The van der Waals surface area contributed by atoms with Gasteiger partial charge in [-0.25, -0.2) is 15.2 Å². The standard InChI is InChI=1S/C19H24N4O4/c1-12(21-18(25)27-19(2,3)4)17(24)23-20-11-14-7-6-13-10-15(26-5)8-9-16(13)22-14/h6-12H,1-5H3,(H,21,25)(H,23,24)/b20-11-/t12-/m1/s1. The van der Waals surface area contributed by atoms with Crippen LogP contribution in [0.25, 0.3) is 10.9 Å². The van der Waals surface area contributed by atoms with Gasteiger partial charge < -0.3 is 14.8 Å². The molecule has 0 fully saturated rings. The third-order valence-electron chi connectivity index (χ3n) is 3.42. The lowest BCUT2D eigenvalue weighted by molar-refractivity contribution is -0.122. The number of aromatic nitrogens is 1. The molecule has 0 radical (unpaired) electrons. The summed E-state index contributed by atoms with van der Waals surface area (Å²) in [6, 6.07) is 8.42. The molecule has 0 aliphatic heterocycles. The van der Waals surface area contributed by atoms with Crippen LogP contribution in [-0.4, -0.2) is 42.0 Å². The van der Waals surface area contributed by atoms with Gasteiger partial charge in [-0.05, 0) is 52.0 Å². The van der Waals surface area contributed by atoms with E-state index in [-0.39, 0.29) is 0 Å². The smallest absolute Gasteiger partial charge is 0.408 e. The van der Waals surface area contributed by atoms with Crippen LogP contribution in [0.15, 0.2) is 35.4 Å². The van der Waals surface area contributed by atoms with E-state index in [9.17, 15) is 9.59 Å². The summed E-state index contributed by atoms with van der Waals surface area (Å²) in [4.78, 5) is 28.1. The van der Waals surface area contributed by atoms with Crippen molar-refractivity contribution in [2.75, 3.05) is 7.11 Å². The molecule has 2 amide bonds. The monoisotopic (exact) mass is 372 g/mol. The van der Waals surface area contributed by atoms with Crippen molar-refractivity contribution in [3.05, 3.63) is 36.0 Å². The number of hydrogen-bond acceptors (Lipinski definition) is 6. The van der Waals surface area contributed by atoms with Gasteiger partial charge in [0.05, 0.1) is 24.5 Å². The molecule has 144 valence electrons. The van der Waals surface area contributed by atoms with E-state index < -0.39 is 23.6 Å². The molecule has 1 aromatic carbocycles. The molecule has 8 nitrogen and oxygen atoms in total. The van der Waals surface area contributed by atoms with Crippen LogP contribution in [0.4, 0.5) is 4.79 Å². The highest BCUT2D eigenvalue weighted by Crippen LogP contribution is 2.19. The minimum absolute atomic E-state index is 0.470. The first-order valence-corrected chi connectivity index (χ1v) is 8.45. The second-order valence-electron chi connectivity index (χ2n) is 6.90. The molecule has 2 aromatic rings. The number of pyridine rings is 1. The molecule has 1 heterocycles. The maximum absolute atomic E-state index is 12.0. The molecule has 0 saturated carbocycles. The number of fused-ring (bicyclic) bond motifs is 1. The molecule has 0 saturated heterocycles. The lowest BCUT2D eigenvalue weighted by Gasteiger charge is -2.21. The van der Waals surface area contributed by atoms with Crippen molar-refractivity contribution < 1.29 is 19.1 Å². The fourth-order valence-corrected chi connectivity index (χ4v) is 2.13. The topological polar surface area (TPSA) is 102 Å². The molecular weight excluding hydrogens is 348 g/mol. The number of alkyl carbamates (subject to hydrolysis) is 1. The van der Waals surface area contributed by atoms with Crippen LogP contribution >= 0.6 is 0 Å². The largest absolute Gasteiger partial charge is 0.497 e. The van der Waals surface area contributed by atoms with E-state index in [4.69, 9.17) is 9.47 Å². The summed E-state index contributed by atoms with van der Waals surface area (Å²) >= 11 is 0. The zero-order chi connectivity index (χ0) is 20.0. The van der Waals surface area contributed by atoms with E-state index in [0.717, 1.165) is 16.7 Å². The zero-order valence-corrected chi connectivity index (χ0v) is 16.1. The van der Waals surface area contributed by atoms with Crippen LogP contribution in [0.3, 0.4) is 0 Å². The van der Waals surface area contributed by atoms with Crippen molar-refractivity contribution in [2.24, 2.45) is 5.10 Å². The fourth-order valence-electron chi connectivity index (χ4n) is 2.13. The van der Waals surface area contributed by atoms with Gasteiger partial charge in [0.2, 0.25) is 0 Å². The van der Waals surface area contributed by atoms with E-state index in [1.807, 2.05) is 24.3 Å². The molecule has 2 rings (SSSR count). The second-order valence-corrected chi connectivity index (χ2v) is 6.90. The molecule has 1 atom stereocenters. The van der Waals surface area contributed by atoms with Gasteiger partial charge in [0.1, 0.15) is 17.4 Å². The van der Waals surface area contributed by atoms with Crippen LogP contribution in [0.2, 0.25) is 0 Å². The maximum Gasteiger partial charge on any atom is 0.408 e. The summed E-state index contributed by atoms with van der Waals surface area (Å²) in [6.45, 7) is 6.77. The van der Waals surface area contributed by atoms with E-state index >= 15 is 0 Å². The third-order valence-corrected chi connectivity index (χ3v) is 3.42. The summed E-state index contributed by atoms with van der Waals surface area (Å²) in [5.41, 5.74) is 3.10. The number of hydrazone groups is 1. The molecule has 1 aromatic heterocycles. The van der Waals surface area contributed by atoms with E-state index in [0.29, 0.717) is 5.69 Å². The number of nitrogens with one attached hydrogen (secondary N) is 2. The Labute approximate surface area is 157 Å². The van der Waals surface area contributed by atoms with Crippen LogP contribution in [0, 0.1) is 0 Å². The highest BCUT2D eigenvalue weighted by molar-refractivity contribution is 5.88. The number of amides is 2. The Bertz CT molecular complexity index is 858. The minimum Gasteiger partial charge on any atom is -0.497 e. The Morgan fingerprint density at radius 2 is 1.96 bits per heavy atom. The molecule has 0 bridgehead atoms. The number of nitrogens with zero attached hydrogens (tertiary/aromatic N) is 2. The van der Waals surface area contributed by atoms with Crippen molar-refractivity contribution in [3.63, 3.8) is 0 Å². The Morgan fingerprint density at radius 3 is 2.63 bits per heavy atom. The average molecular weight is 372 g/mol. The van der Waals surface area contributed by atoms with Crippen molar-refractivity contribution in [1.29, 1.82) is 0 Å². The first kappa shape index (κ1) is 20.2. The van der Waals surface area contributed by atoms with Crippen molar-refractivity contribution in [2.45, 2.75) is 39.3 Å². The van der Waals surface area contributed by atoms with Gasteiger partial charge in [0, 0.05) is 5.39 Å². The number of hydrogen-bond donors (Lipinski definition) is 2. The Hall–Kier alpha value is -3.16. The molecular formula is C19H24N4O4. The Morgan fingerprint density at radius 1 is 1.22 bits per heavy atom. The quantitative estimate of drug-likeness (QED) is 0.620. The predicted octanol–water partition coefficient (Wildman–Crippen LogP) is 2.61. The van der Waals surface area contributed by atoms with Gasteiger partial charge >= 0.3 is 6.09 Å². The number of benzene rings is 1. The molecule has 27 heavy (non-hydrogen) atoms. The number of carbonyl (C=O) groups excluding carboxylic acids is 2. The van der Waals surface area contributed by atoms with E-state index in [1.165, 1.54) is 13.1 Å². The summed E-state index contributed by atoms with van der Waals surface area (Å²) < 4.78 is 10.3. The van der Waals surface area contributed by atoms with Gasteiger partial charge in [-0.1, -0.05) is 6.07 Å². The van der Waals surface area contributed by atoms with Gasteiger partial charge in [0.15, 0.2) is 0 Å². The van der Waals surface area contributed by atoms with Crippen molar-refractivity contribution >= 4 is 29.1 Å². The minimum atomic E-state index is -0.797. The SMILES string of the molecule is COc1ccc2nc(/C=N\NC(=O)[C@@H](C)NC(=O)OC(C)(C)C)ccc2c1. The van der Waals surface area contributed by atoms with Gasteiger partial charge in [-0.2, -0.15) is 5.10 Å². The predicted molar refractivity (Wildman–Crippen MR) is 103 cm³/mol. The molecule has 0 unspecified atom stereocenters. The first-order chi connectivity index (χ1) is 12.7. The second kappa shape index (κ2) is 8.48. The summed E-state index contributed by atoms with van der Waals surface area (Å²) in [7, 11) is 1.61. The molecule has 0 aliphatic rings. The van der Waals surface area contributed by atoms with Crippen LogP contribution in [0.5, 0.6) is 5.75 Å². The Kier molecular flexibility index (Phi) is 6.33. The van der Waals surface area contributed by atoms with Crippen molar-refractivity contribution in [1.82, 2.24) is 15.7 Å². The normalized spacial score (nSPS) is 12.6. The molecule has 8 heteroatoms. The van der Waals surface area contributed by atoms with Gasteiger partial charge in [0.25, 0.3) is 5.91 Å². The number of carbonyl (C=O) groups is 2. The third kappa shape index (κ3) is 6.25. The molecule has 0 spiro atoms. The van der Waals surface area contributed by atoms with Gasteiger partial charge in [-0.15, -0.1) is 0 Å². The molecule has 0 aliphatic carbocycles. The first-order valence-electron chi connectivity index (χ1n) is 8.45.